The first-order chi connectivity index (χ1) is 14.8. The number of imidazole rings is 1. The summed E-state index contributed by atoms with van der Waals surface area (Å²) < 4.78 is 2.46. The van der Waals surface area contributed by atoms with Gasteiger partial charge in [-0.2, -0.15) is 0 Å². The van der Waals surface area contributed by atoms with Crippen molar-refractivity contribution in [3.63, 3.8) is 0 Å². The quantitative estimate of drug-likeness (QED) is 0.372. The Morgan fingerprint density at radius 1 is 1.13 bits per heavy atom. The van der Waals surface area contributed by atoms with E-state index >= 15 is 0 Å². The van der Waals surface area contributed by atoms with Crippen molar-refractivity contribution in [2.75, 3.05) is 17.3 Å². The number of benzene rings is 2. The molecule has 0 saturated carbocycles. The molecule has 0 aliphatic heterocycles. The highest BCUT2D eigenvalue weighted by atomic mass is 79.9. The van der Waals surface area contributed by atoms with Gasteiger partial charge >= 0.3 is 6.09 Å². The van der Waals surface area contributed by atoms with E-state index in [1.807, 2.05) is 4.40 Å². The molecule has 0 bridgehead atoms. The predicted octanol–water partition coefficient (Wildman–Crippen LogP) is 5.78. The molecule has 0 saturated heterocycles. The van der Waals surface area contributed by atoms with E-state index in [9.17, 15) is 9.59 Å². The van der Waals surface area contributed by atoms with Crippen LogP contribution in [0.1, 0.15) is 10.4 Å². The van der Waals surface area contributed by atoms with Crippen LogP contribution < -0.4 is 10.2 Å². The van der Waals surface area contributed by atoms with E-state index in [4.69, 9.17) is 16.7 Å². The molecule has 31 heavy (non-hydrogen) atoms. The number of rotatable bonds is 4. The zero-order chi connectivity index (χ0) is 22.1. The Labute approximate surface area is 191 Å². The molecule has 2 amide bonds. The van der Waals surface area contributed by atoms with Crippen molar-refractivity contribution < 1.29 is 14.7 Å². The number of nitrogens with zero attached hydrogens (tertiary/aromatic N) is 3. The number of hydrogen-bond acceptors (Lipinski definition) is 3. The largest absolute Gasteiger partial charge is 0.465 e. The summed E-state index contributed by atoms with van der Waals surface area (Å²) in [7, 11) is 1.70. The number of carboxylic acid groups (broad SMARTS) is 1. The molecule has 0 aliphatic carbocycles. The van der Waals surface area contributed by atoms with Gasteiger partial charge in [0.25, 0.3) is 5.91 Å². The van der Waals surface area contributed by atoms with Crippen molar-refractivity contribution in [3.8, 4) is 11.3 Å². The number of fused-ring (bicyclic) bond motifs is 1. The number of aromatic nitrogens is 2. The van der Waals surface area contributed by atoms with E-state index in [0.717, 1.165) is 11.3 Å². The van der Waals surface area contributed by atoms with Crippen LogP contribution in [0.4, 0.5) is 16.2 Å². The molecular formula is C22H16BrClN4O3. The molecule has 0 fully saturated rings. The van der Waals surface area contributed by atoms with Gasteiger partial charge in [0.2, 0.25) is 0 Å². The van der Waals surface area contributed by atoms with E-state index in [2.05, 4.69) is 26.2 Å². The zero-order valence-corrected chi connectivity index (χ0v) is 18.6. The van der Waals surface area contributed by atoms with Gasteiger partial charge in [0.1, 0.15) is 5.65 Å². The van der Waals surface area contributed by atoms with E-state index < -0.39 is 6.09 Å². The Morgan fingerprint density at radius 3 is 2.45 bits per heavy atom. The molecule has 2 N–H and O–H groups in total. The van der Waals surface area contributed by atoms with Crippen LogP contribution >= 0.6 is 27.5 Å². The second-order valence-corrected chi connectivity index (χ2v) is 8.05. The van der Waals surface area contributed by atoms with Crippen molar-refractivity contribution in [2.45, 2.75) is 0 Å². The minimum atomic E-state index is -1.12. The lowest BCUT2D eigenvalue weighted by Crippen LogP contribution is -2.26. The third kappa shape index (κ3) is 4.26. The van der Waals surface area contributed by atoms with E-state index in [1.165, 1.54) is 0 Å². The smallest absolute Gasteiger partial charge is 0.409 e. The average molecular weight is 500 g/mol. The Bertz CT molecular complexity index is 1290. The number of carbonyl (C=O) groups is 2. The lowest BCUT2D eigenvalue weighted by molar-refractivity contribution is 0.0992. The van der Waals surface area contributed by atoms with E-state index in [0.29, 0.717) is 32.1 Å². The molecule has 2 aromatic carbocycles. The Hall–Kier alpha value is -3.36. The summed E-state index contributed by atoms with van der Waals surface area (Å²) in [5, 5.41) is 11.7. The highest BCUT2D eigenvalue weighted by Gasteiger charge is 2.19. The topological polar surface area (TPSA) is 86.9 Å². The summed E-state index contributed by atoms with van der Waals surface area (Å²) in [4.78, 5) is 29.9. The van der Waals surface area contributed by atoms with Gasteiger partial charge < -0.3 is 10.0 Å². The molecule has 0 aliphatic rings. The molecule has 7 nitrogen and oxygen atoms in total. The van der Waals surface area contributed by atoms with Crippen molar-refractivity contribution in [1.29, 1.82) is 0 Å². The minimum Gasteiger partial charge on any atom is -0.465 e. The monoisotopic (exact) mass is 498 g/mol. The van der Waals surface area contributed by atoms with Crippen LogP contribution in [0.2, 0.25) is 5.02 Å². The number of amides is 2. The molecule has 156 valence electrons. The lowest BCUT2D eigenvalue weighted by atomic mass is 10.1. The predicted molar refractivity (Wildman–Crippen MR) is 124 cm³/mol. The highest BCUT2D eigenvalue weighted by molar-refractivity contribution is 9.10. The average Bonchev–Trinajstić information content (AvgIpc) is 3.15. The number of pyridine rings is 1. The van der Waals surface area contributed by atoms with Gasteiger partial charge in [-0.1, -0.05) is 23.7 Å². The summed E-state index contributed by atoms with van der Waals surface area (Å²) in [5.41, 5.74) is 3.92. The van der Waals surface area contributed by atoms with Gasteiger partial charge in [-0.15, -0.1) is 0 Å². The maximum absolute atomic E-state index is 13.2. The first-order valence-electron chi connectivity index (χ1n) is 9.14. The van der Waals surface area contributed by atoms with Crippen LogP contribution in [0, 0.1) is 0 Å². The normalized spacial score (nSPS) is 10.8. The highest BCUT2D eigenvalue weighted by Crippen LogP contribution is 2.28. The standard InChI is InChI=1S/C22H16BrClN4O3/c1-27(16-8-4-14(24)5-9-16)21(29)17-12-28-19(11-25-20(28)10-18(17)23)13-2-6-15(7-3-13)26-22(30)31/h2-12,26H,1H3,(H,30,31). The first-order valence-corrected chi connectivity index (χ1v) is 10.3. The molecule has 0 radical (unpaired) electrons. The van der Waals surface area contributed by atoms with Crippen molar-refractivity contribution in [2.24, 2.45) is 0 Å². The second kappa shape index (κ2) is 8.41. The third-order valence-electron chi connectivity index (χ3n) is 4.78. The number of nitrogens with one attached hydrogen (secondary N) is 1. The summed E-state index contributed by atoms with van der Waals surface area (Å²) >= 11 is 9.43. The van der Waals surface area contributed by atoms with Crippen molar-refractivity contribution in [3.05, 3.63) is 82.0 Å². The van der Waals surface area contributed by atoms with Crippen LogP contribution in [0.3, 0.4) is 0 Å². The second-order valence-electron chi connectivity index (χ2n) is 6.75. The summed E-state index contributed by atoms with van der Waals surface area (Å²) in [6.07, 6.45) is 2.32. The van der Waals surface area contributed by atoms with Gasteiger partial charge in [-0.25, -0.2) is 9.78 Å². The molecule has 9 heteroatoms. The maximum atomic E-state index is 13.2. The zero-order valence-electron chi connectivity index (χ0n) is 16.2. The molecule has 2 aromatic heterocycles. The summed E-state index contributed by atoms with van der Waals surface area (Å²) in [5.74, 6) is -0.197. The van der Waals surface area contributed by atoms with Gasteiger partial charge in [0, 0.05) is 39.7 Å². The number of anilines is 2. The fourth-order valence-corrected chi connectivity index (χ4v) is 3.78. The maximum Gasteiger partial charge on any atom is 0.409 e. The molecular weight excluding hydrogens is 484 g/mol. The van der Waals surface area contributed by atoms with E-state index in [1.54, 1.807) is 78.9 Å². The molecule has 2 heterocycles. The van der Waals surface area contributed by atoms with Crippen LogP contribution in [0.25, 0.3) is 16.9 Å². The fourth-order valence-electron chi connectivity index (χ4n) is 3.18. The number of carbonyl (C=O) groups excluding carboxylic acids is 1. The Kier molecular flexibility index (Phi) is 5.67. The summed E-state index contributed by atoms with van der Waals surface area (Å²) in [6, 6.07) is 15.7. The van der Waals surface area contributed by atoms with Crippen molar-refractivity contribution in [1.82, 2.24) is 9.38 Å². The third-order valence-corrected chi connectivity index (χ3v) is 5.69. The van der Waals surface area contributed by atoms with Gasteiger partial charge in [0.05, 0.1) is 17.5 Å². The van der Waals surface area contributed by atoms with Crippen LogP contribution in [-0.4, -0.2) is 33.5 Å². The Balaban J connectivity index is 1.71. The number of halogens is 2. The first kappa shape index (κ1) is 20.9. The molecule has 0 atom stereocenters. The SMILES string of the molecule is CN(C(=O)c1cn2c(-c3ccc(NC(=O)O)cc3)cnc2cc1Br)c1ccc(Cl)cc1. The summed E-state index contributed by atoms with van der Waals surface area (Å²) in [6.45, 7) is 0. The van der Waals surface area contributed by atoms with Crippen LogP contribution in [0.15, 0.2) is 71.5 Å². The molecule has 4 rings (SSSR count). The molecule has 0 spiro atoms. The Morgan fingerprint density at radius 2 is 1.81 bits per heavy atom. The molecule has 4 aromatic rings. The molecule has 0 unspecified atom stereocenters. The van der Waals surface area contributed by atoms with Crippen LogP contribution in [0.5, 0.6) is 0 Å². The van der Waals surface area contributed by atoms with Crippen LogP contribution in [-0.2, 0) is 0 Å². The number of hydrogen-bond donors (Lipinski definition) is 2. The van der Waals surface area contributed by atoms with Gasteiger partial charge in [-0.05, 0) is 58.4 Å². The minimum absolute atomic E-state index is 0.197. The lowest BCUT2D eigenvalue weighted by Gasteiger charge is -2.18. The van der Waals surface area contributed by atoms with Crippen molar-refractivity contribution >= 4 is 56.6 Å². The van der Waals surface area contributed by atoms with Gasteiger partial charge in [-0.3, -0.25) is 14.5 Å². The fraction of sp³-hybridized carbons (Fsp3) is 0.0455. The van der Waals surface area contributed by atoms with Gasteiger partial charge in [0.15, 0.2) is 0 Å². The van der Waals surface area contributed by atoms with E-state index in [-0.39, 0.29) is 5.91 Å².